The van der Waals surface area contributed by atoms with Crippen molar-refractivity contribution in [3.8, 4) is 5.82 Å². The minimum absolute atomic E-state index is 0.0654. The maximum atomic E-state index is 14.2. The second kappa shape index (κ2) is 9.90. The molecule has 1 N–H and O–H groups in total. The summed E-state index contributed by atoms with van der Waals surface area (Å²) in [4.78, 5) is 19.2. The standard InChI is InChI=1S/C21H23FN6O3/c1-4-16(12-18(28(29)30)17(22)9-11-31-3)24-21-23-10-8-19(25-21)27-13-15-7-5-6-14(2)20(15)26-27/h5-10,12-13,16H,4,11H2,1-3H3,(H,23,24,25)/b17-9+,18-12+. The quantitative estimate of drug-likeness (QED) is 0.313. The zero-order chi connectivity index (χ0) is 22.4. The maximum Gasteiger partial charge on any atom is 0.302 e. The second-order valence-corrected chi connectivity index (χ2v) is 6.80. The molecule has 0 bridgehead atoms. The summed E-state index contributed by atoms with van der Waals surface area (Å²) in [6.45, 7) is 3.73. The summed E-state index contributed by atoms with van der Waals surface area (Å²) in [5.74, 6) is -0.172. The van der Waals surface area contributed by atoms with Crippen molar-refractivity contribution in [3.05, 3.63) is 76.0 Å². The Morgan fingerprint density at radius 3 is 2.90 bits per heavy atom. The van der Waals surface area contributed by atoms with Gasteiger partial charge in [0.15, 0.2) is 11.6 Å². The van der Waals surface area contributed by atoms with E-state index in [4.69, 9.17) is 4.74 Å². The molecular formula is C21H23FN6O3. The largest absolute Gasteiger partial charge is 0.381 e. The van der Waals surface area contributed by atoms with Crippen LogP contribution in [-0.2, 0) is 4.74 Å². The highest BCUT2D eigenvalue weighted by Crippen LogP contribution is 2.19. The summed E-state index contributed by atoms with van der Waals surface area (Å²) in [5.41, 5.74) is 1.29. The molecular weight excluding hydrogens is 403 g/mol. The smallest absolute Gasteiger partial charge is 0.302 e. The average molecular weight is 426 g/mol. The fourth-order valence-electron chi connectivity index (χ4n) is 2.96. The molecule has 0 fully saturated rings. The number of rotatable bonds is 9. The van der Waals surface area contributed by atoms with E-state index >= 15 is 0 Å². The Balaban J connectivity index is 1.87. The van der Waals surface area contributed by atoms with E-state index in [9.17, 15) is 14.5 Å². The number of anilines is 1. The van der Waals surface area contributed by atoms with Crippen molar-refractivity contribution in [3.63, 3.8) is 0 Å². The topological polar surface area (TPSA) is 108 Å². The molecule has 0 saturated heterocycles. The van der Waals surface area contributed by atoms with Crippen molar-refractivity contribution in [1.82, 2.24) is 19.7 Å². The van der Waals surface area contributed by atoms with E-state index in [1.165, 1.54) is 13.2 Å². The van der Waals surface area contributed by atoms with Crippen LogP contribution in [0.4, 0.5) is 10.3 Å². The average Bonchev–Trinajstić information content (AvgIpc) is 3.20. The Bertz CT molecular complexity index is 1140. The Labute approximate surface area is 178 Å². The summed E-state index contributed by atoms with van der Waals surface area (Å²) in [6, 6.07) is 7.06. The zero-order valence-corrected chi connectivity index (χ0v) is 17.4. The van der Waals surface area contributed by atoms with Gasteiger partial charge in [0.05, 0.1) is 23.1 Å². The van der Waals surface area contributed by atoms with Gasteiger partial charge in [-0.15, -0.1) is 0 Å². The number of nitrogens with one attached hydrogen (secondary N) is 1. The number of allylic oxidation sites excluding steroid dienone is 1. The van der Waals surface area contributed by atoms with Gasteiger partial charge in [-0.05, 0) is 25.0 Å². The minimum atomic E-state index is -0.958. The highest BCUT2D eigenvalue weighted by atomic mass is 19.1. The number of hydrogen-bond donors (Lipinski definition) is 1. The molecule has 1 unspecified atom stereocenters. The molecule has 0 aliphatic carbocycles. The van der Waals surface area contributed by atoms with Crippen molar-refractivity contribution >= 4 is 16.9 Å². The van der Waals surface area contributed by atoms with Crippen molar-refractivity contribution in [1.29, 1.82) is 0 Å². The van der Waals surface area contributed by atoms with Crippen molar-refractivity contribution in [2.24, 2.45) is 0 Å². The van der Waals surface area contributed by atoms with Crippen molar-refractivity contribution in [2.75, 3.05) is 19.0 Å². The van der Waals surface area contributed by atoms with Crippen LogP contribution in [0.25, 0.3) is 16.7 Å². The van der Waals surface area contributed by atoms with Gasteiger partial charge in [-0.25, -0.2) is 9.67 Å². The third-order valence-electron chi connectivity index (χ3n) is 4.60. The molecule has 1 aromatic carbocycles. The Kier molecular flexibility index (Phi) is 7.03. The summed E-state index contributed by atoms with van der Waals surface area (Å²) in [6.07, 6.45) is 6.11. The molecule has 3 aromatic rings. The summed E-state index contributed by atoms with van der Waals surface area (Å²) < 4.78 is 20.6. The van der Waals surface area contributed by atoms with E-state index in [0.29, 0.717) is 12.2 Å². The molecule has 3 rings (SSSR count). The predicted octanol–water partition coefficient (Wildman–Crippen LogP) is 3.97. The van der Waals surface area contributed by atoms with E-state index in [2.05, 4.69) is 20.4 Å². The van der Waals surface area contributed by atoms with E-state index in [0.717, 1.165) is 22.5 Å². The lowest BCUT2D eigenvalue weighted by Crippen LogP contribution is -2.20. The van der Waals surface area contributed by atoms with Crippen LogP contribution in [0.5, 0.6) is 0 Å². The van der Waals surface area contributed by atoms with E-state index in [-0.39, 0.29) is 12.6 Å². The lowest BCUT2D eigenvalue weighted by Gasteiger charge is -2.13. The van der Waals surface area contributed by atoms with Crippen LogP contribution >= 0.6 is 0 Å². The van der Waals surface area contributed by atoms with Gasteiger partial charge in [0, 0.05) is 37.0 Å². The molecule has 0 saturated carbocycles. The Hall–Kier alpha value is -3.66. The number of aryl methyl sites for hydroxylation is 1. The van der Waals surface area contributed by atoms with Gasteiger partial charge in [0.2, 0.25) is 5.95 Å². The maximum absolute atomic E-state index is 14.2. The number of ether oxygens (including phenoxy) is 1. The first-order chi connectivity index (χ1) is 14.9. The zero-order valence-electron chi connectivity index (χ0n) is 17.4. The van der Waals surface area contributed by atoms with Gasteiger partial charge in [-0.2, -0.15) is 14.5 Å². The summed E-state index contributed by atoms with van der Waals surface area (Å²) >= 11 is 0. The van der Waals surface area contributed by atoms with Gasteiger partial charge in [0.1, 0.15) is 0 Å². The highest BCUT2D eigenvalue weighted by molar-refractivity contribution is 5.81. The minimum Gasteiger partial charge on any atom is -0.381 e. The fraction of sp³-hybridized carbons (Fsp3) is 0.286. The van der Waals surface area contributed by atoms with Crippen LogP contribution in [0, 0.1) is 17.0 Å². The molecule has 2 heterocycles. The number of nitrogens with zero attached hydrogens (tertiary/aromatic N) is 5. The van der Waals surface area contributed by atoms with E-state index in [1.54, 1.807) is 16.9 Å². The number of aromatic nitrogens is 4. The van der Waals surface area contributed by atoms with Gasteiger partial charge < -0.3 is 10.1 Å². The van der Waals surface area contributed by atoms with Crippen LogP contribution < -0.4 is 5.32 Å². The molecule has 0 radical (unpaired) electrons. The number of fused-ring (bicyclic) bond motifs is 1. The molecule has 0 aliphatic heterocycles. The first-order valence-electron chi connectivity index (χ1n) is 9.69. The molecule has 1 atom stereocenters. The van der Waals surface area contributed by atoms with Crippen molar-refractivity contribution in [2.45, 2.75) is 26.3 Å². The molecule has 2 aromatic heterocycles. The molecule has 9 nitrogen and oxygen atoms in total. The number of nitro groups is 1. The summed E-state index contributed by atoms with van der Waals surface area (Å²) in [5, 5.41) is 19.9. The molecule has 10 heteroatoms. The highest BCUT2D eigenvalue weighted by Gasteiger charge is 2.20. The third-order valence-corrected chi connectivity index (χ3v) is 4.60. The van der Waals surface area contributed by atoms with Gasteiger partial charge in [-0.1, -0.05) is 25.1 Å². The first kappa shape index (κ1) is 22.0. The lowest BCUT2D eigenvalue weighted by atomic mass is 10.2. The number of halogens is 1. The number of hydrogen-bond acceptors (Lipinski definition) is 7. The number of methoxy groups -OCH3 is 1. The van der Waals surface area contributed by atoms with Crippen LogP contribution in [-0.4, -0.2) is 44.4 Å². The summed E-state index contributed by atoms with van der Waals surface area (Å²) in [7, 11) is 1.38. The van der Waals surface area contributed by atoms with Gasteiger partial charge >= 0.3 is 5.70 Å². The first-order valence-corrected chi connectivity index (χ1v) is 9.69. The van der Waals surface area contributed by atoms with Crippen LogP contribution in [0.1, 0.15) is 18.9 Å². The van der Waals surface area contributed by atoms with Crippen LogP contribution in [0.3, 0.4) is 0 Å². The predicted molar refractivity (Wildman–Crippen MR) is 115 cm³/mol. The van der Waals surface area contributed by atoms with E-state index in [1.807, 2.05) is 38.2 Å². The lowest BCUT2D eigenvalue weighted by molar-refractivity contribution is -0.423. The molecule has 0 spiro atoms. The van der Waals surface area contributed by atoms with Gasteiger partial charge in [-0.3, -0.25) is 10.1 Å². The fourth-order valence-corrected chi connectivity index (χ4v) is 2.96. The Morgan fingerprint density at radius 1 is 1.42 bits per heavy atom. The van der Waals surface area contributed by atoms with Crippen molar-refractivity contribution < 1.29 is 14.1 Å². The molecule has 0 amide bonds. The van der Waals surface area contributed by atoms with Gasteiger partial charge in [0.25, 0.3) is 0 Å². The number of benzene rings is 1. The second-order valence-electron chi connectivity index (χ2n) is 6.80. The normalized spacial score (nSPS) is 13.4. The monoisotopic (exact) mass is 426 g/mol. The van der Waals surface area contributed by atoms with Crippen LogP contribution in [0.2, 0.25) is 0 Å². The molecule has 31 heavy (non-hydrogen) atoms. The molecule has 0 aliphatic rings. The SMILES string of the molecule is CCC(/C=C(\C(F)=C/COC)[N+](=O)[O-])Nc1nccc(-n2cc3cccc(C)c3n2)n1. The van der Waals surface area contributed by atoms with Crippen LogP contribution in [0.15, 0.2) is 60.3 Å². The third kappa shape index (κ3) is 5.28. The van der Waals surface area contributed by atoms with E-state index < -0.39 is 22.5 Å². The molecule has 162 valence electrons. The Morgan fingerprint density at radius 2 is 2.23 bits per heavy atom.